The molecule has 0 bridgehead atoms. The van der Waals surface area contributed by atoms with Crippen LogP contribution in [0.4, 0.5) is 4.39 Å². The number of carbonyl (C=O) groups excluding carboxylic acids is 1. The molecule has 0 aliphatic carbocycles. The van der Waals surface area contributed by atoms with Gasteiger partial charge in [0.05, 0.1) is 17.1 Å². The van der Waals surface area contributed by atoms with Crippen molar-refractivity contribution in [3.63, 3.8) is 0 Å². The van der Waals surface area contributed by atoms with Gasteiger partial charge in [-0.25, -0.2) is 9.37 Å². The maximum Gasteiger partial charge on any atom is 0.251 e. The number of H-pyrrole nitrogens is 1. The van der Waals surface area contributed by atoms with Gasteiger partial charge in [0.15, 0.2) is 0 Å². The molecule has 29 heavy (non-hydrogen) atoms. The van der Waals surface area contributed by atoms with Crippen molar-refractivity contribution in [2.45, 2.75) is 53.0 Å². The summed E-state index contributed by atoms with van der Waals surface area (Å²) in [4.78, 5) is 20.4. The first-order valence-electron chi connectivity index (χ1n) is 10.4. The number of hydrogen-bond donors (Lipinski definition) is 3. The molecule has 1 atom stereocenters. The molecule has 0 fully saturated rings. The Morgan fingerprint density at radius 2 is 1.72 bits per heavy atom. The summed E-state index contributed by atoms with van der Waals surface area (Å²) in [6, 6.07) is 13.0. The maximum absolute atomic E-state index is 13.0. The molecule has 1 aromatic heterocycles. The molecule has 5 nitrogen and oxygen atoms in total. The zero-order chi connectivity index (χ0) is 21.6. The van der Waals surface area contributed by atoms with E-state index >= 15 is 0 Å². The number of aromatic amines is 1. The molecule has 0 saturated heterocycles. The SMILES string of the molecule is CC.CC.NCCCCC(NC(=O)c1ccc(F)cc1)c1nc2ccccc2[nH]1. The van der Waals surface area contributed by atoms with Gasteiger partial charge < -0.3 is 16.0 Å². The highest BCUT2D eigenvalue weighted by Crippen LogP contribution is 2.21. The second kappa shape index (κ2) is 13.4. The number of para-hydroxylation sites is 2. The second-order valence-corrected chi connectivity index (χ2v) is 5.96. The number of carbonyl (C=O) groups is 1. The highest BCUT2D eigenvalue weighted by molar-refractivity contribution is 5.94. The Balaban J connectivity index is 0.000000989. The monoisotopic (exact) mass is 400 g/mol. The van der Waals surface area contributed by atoms with E-state index in [-0.39, 0.29) is 17.8 Å². The number of amides is 1. The summed E-state index contributed by atoms with van der Waals surface area (Å²) >= 11 is 0. The number of nitrogens with two attached hydrogens (primary N) is 1. The van der Waals surface area contributed by atoms with E-state index in [4.69, 9.17) is 5.73 Å². The molecule has 4 N–H and O–H groups in total. The van der Waals surface area contributed by atoms with Crippen LogP contribution in [0.2, 0.25) is 0 Å². The molecule has 0 aliphatic rings. The first-order chi connectivity index (χ1) is 14.2. The fraction of sp³-hybridized carbons (Fsp3) is 0.391. The molecule has 6 heteroatoms. The van der Waals surface area contributed by atoms with Crippen molar-refractivity contribution in [3.05, 3.63) is 65.7 Å². The second-order valence-electron chi connectivity index (χ2n) is 5.96. The Kier molecular flexibility index (Phi) is 11.3. The highest BCUT2D eigenvalue weighted by atomic mass is 19.1. The summed E-state index contributed by atoms with van der Waals surface area (Å²) < 4.78 is 13.0. The molecule has 1 unspecified atom stereocenters. The first-order valence-corrected chi connectivity index (χ1v) is 10.4. The van der Waals surface area contributed by atoms with E-state index in [1.165, 1.54) is 24.3 Å². The number of aromatic nitrogens is 2. The third-order valence-corrected chi connectivity index (χ3v) is 4.10. The van der Waals surface area contributed by atoms with Gasteiger partial charge in [-0.3, -0.25) is 4.79 Å². The number of fused-ring (bicyclic) bond motifs is 1. The van der Waals surface area contributed by atoms with Crippen LogP contribution < -0.4 is 11.1 Å². The average molecular weight is 401 g/mol. The summed E-state index contributed by atoms with van der Waals surface area (Å²) in [7, 11) is 0. The predicted molar refractivity (Wildman–Crippen MR) is 118 cm³/mol. The molecular formula is C23H33FN4O. The zero-order valence-corrected chi connectivity index (χ0v) is 17.8. The lowest BCUT2D eigenvalue weighted by molar-refractivity contribution is 0.0932. The molecule has 0 spiro atoms. The van der Waals surface area contributed by atoms with Crippen LogP contribution in [0.3, 0.4) is 0 Å². The van der Waals surface area contributed by atoms with Crippen LogP contribution in [0.1, 0.15) is 69.2 Å². The number of rotatable bonds is 7. The van der Waals surface area contributed by atoms with Crippen LogP contribution in [0.25, 0.3) is 11.0 Å². The van der Waals surface area contributed by atoms with Crippen molar-refractivity contribution >= 4 is 16.9 Å². The molecule has 0 aliphatic heterocycles. The fourth-order valence-electron chi connectivity index (χ4n) is 2.75. The maximum atomic E-state index is 13.0. The van der Waals surface area contributed by atoms with Gasteiger partial charge in [0.25, 0.3) is 5.91 Å². The van der Waals surface area contributed by atoms with Gasteiger partial charge in [-0.05, 0) is 62.2 Å². The summed E-state index contributed by atoms with van der Waals surface area (Å²) in [5.41, 5.74) is 7.78. The van der Waals surface area contributed by atoms with Crippen molar-refractivity contribution in [3.8, 4) is 0 Å². The smallest absolute Gasteiger partial charge is 0.251 e. The third kappa shape index (κ3) is 7.31. The van der Waals surface area contributed by atoms with Crippen LogP contribution in [0.5, 0.6) is 0 Å². The van der Waals surface area contributed by atoms with Crippen molar-refractivity contribution in [2.24, 2.45) is 5.73 Å². The van der Waals surface area contributed by atoms with E-state index in [1.807, 2.05) is 52.0 Å². The lowest BCUT2D eigenvalue weighted by atomic mass is 10.1. The largest absolute Gasteiger partial charge is 0.342 e. The Bertz CT molecular complexity index is 812. The topological polar surface area (TPSA) is 83.8 Å². The molecule has 158 valence electrons. The van der Waals surface area contributed by atoms with Gasteiger partial charge in [-0.2, -0.15) is 0 Å². The quantitative estimate of drug-likeness (QED) is 0.467. The number of hydrogen-bond acceptors (Lipinski definition) is 3. The van der Waals surface area contributed by atoms with Gasteiger partial charge >= 0.3 is 0 Å². The van der Waals surface area contributed by atoms with Crippen molar-refractivity contribution < 1.29 is 9.18 Å². The molecule has 1 amide bonds. The normalized spacial score (nSPS) is 11.0. The third-order valence-electron chi connectivity index (χ3n) is 4.10. The van der Waals surface area contributed by atoms with Crippen molar-refractivity contribution in [1.82, 2.24) is 15.3 Å². The van der Waals surface area contributed by atoms with Crippen LogP contribution in [-0.4, -0.2) is 22.4 Å². The van der Waals surface area contributed by atoms with E-state index in [2.05, 4.69) is 15.3 Å². The summed E-state index contributed by atoms with van der Waals surface area (Å²) in [5.74, 6) is 0.0974. The summed E-state index contributed by atoms with van der Waals surface area (Å²) in [5, 5.41) is 2.99. The number of nitrogens with one attached hydrogen (secondary N) is 2. The van der Waals surface area contributed by atoms with Crippen molar-refractivity contribution in [2.75, 3.05) is 6.54 Å². The van der Waals surface area contributed by atoms with Crippen LogP contribution in [0.15, 0.2) is 48.5 Å². The summed E-state index contributed by atoms with van der Waals surface area (Å²) in [6.07, 6.45) is 2.48. The first kappa shape index (κ1) is 24.3. The predicted octanol–water partition coefficient (Wildman–Crippen LogP) is 5.35. The molecule has 1 heterocycles. The van der Waals surface area contributed by atoms with Gasteiger partial charge in [0.2, 0.25) is 0 Å². The van der Waals surface area contributed by atoms with E-state index in [9.17, 15) is 9.18 Å². The minimum Gasteiger partial charge on any atom is -0.342 e. The van der Waals surface area contributed by atoms with Gasteiger partial charge in [-0.1, -0.05) is 39.8 Å². The Hall–Kier alpha value is -2.73. The van der Waals surface area contributed by atoms with E-state index in [0.29, 0.717) is 17.9 Å². The van der Waals surface area contributed by atoms with Crippen LogP contribution >= 0.6 is 0 Å². The Morgan fingerprint density at radius 3 is 2.34 bits per heavy atom. The zero-order valence-electron chi connectivity index (χ0n) is 17.8. The van der Waals surface area contributed by atoms with Gasteiger partial charge in [0, 0.05) is 5.56 Å². The standard InChI is InChI=1S/C19H21FN4O.2C2H6/c20-14-10-8-13(9-11-14)19(25)24-17(7-3-4-12-21)18-22-15-5-1-2-6-16(15)23-18;2*1-2/h1-2,5-6,8-11,17H,3-4,7,12,21H2,(H,22,23)(H,24,25);2*1-2H3. The van der Waals surface area contributed by atoms with Gasteiger partial charge in [0.1, 0.15) is 11.6 Å². The molecule has 0 radical (unpaired) electrons. The van der Waals surface area contributed by atoms with Crippen LogP contribution in [-0.2, 0) is 0 Å². The Morgan fingerprint density at radius 1 is 1.07 bits per heavy atom. The fourth-order valence-corrected chi connectivity index (χ4v) is 2.75. The van der Waals surface area contributed by atoms with E-state index < -0.39 is 0 Å². The Labute approximate surface area is 172 Å². The van der Waals surface area contributed by atoms with Crippen LogP contribution in [0, 0.1) is 5.82 Å². The van der Waals surface area contributed by atoms with Gasteiger partial charge in [-0.15, -0.1) is 0 Å². The number of imidazole rings is 1. The minimum atomic E-state index is -0.367. The van der Waals surface area contributed by atoms with E-state index in [1.54, 1.807) is 0 Å². The minimum absolute atomic E-state index is 0.252. The number of benzene rings is 2. The molecule has 3 rings (SSSR count). The molecule has 0 saturated carbocycles. The molecular weight excluding hydrogens is 367 g/mol. The number of unbranched alkanes of at least 4 members (excludes halogenated alkanes) is 1. The van der Waals surface area contributed by atoms with E-state index in [0.717, 1.165) is 30.3 Å². The lowest BCUT2D eigenvalue weighted by Crippen LogP contribution is -2.29. The average Bonchev–Trinajstić information content (AvgIpc) is 3.20. The van der Waals surface area contributed by atoms with Crippen molar-refractivity contribution in [1.29, 1.82) is 0 Å². The molecule has 3 aromatic rings. The number of halogens is 1. The molecule has 2 aromatic carbocycles. The highest BCUT2D eigenvalue weighted by Gasteiger charge is 2.19. The lowest BCUT2D eigenvalue weighted by Gasteiger charge is -2.16. The summed E-state index contributed by atoms with van der Waals surface area (Å²) in [6.45, 7) is 8.61. The number of nitrogens with zero attached hydrogens (tertiary/aromatic N) is 1.